The predicted molar refractivity (Wildman–Crippen MR) is 188 cm³/mol. The van der Waals surface area contributed by atoms with Crippen molar-refractivity contribution in [3.63, 3.8) is 0 Å². The molecule has 0 amide bonds. The van der Waals surface area contributed by atoms with Crippen LogP contribution in [0.1, 0.15) is 0 Å². The van der Waals surface area contributed by atoms with Crippen LogP contribution in [-0.2, 0) is 0 Å². The van der Waals surface area contributed by atoms with Crippen LogP contribution in [-0.4, -0.2) is 0 Å². The summed E-state index contributed by atoms with van der Waals surface area (Å²) in [6.45, 7) is 0. The zero-order valence-corrected chi connectivity index (χ0v) is 24.2. The molecule has 0 aliphatic carbocycles. The van der Waals surface area contributed by atoms with Gasteiger partial charge >= 0.3 is 0 Å². The van der Waals surface area contributed by atoms with Crippen molar-refractivity contribution < 1.29 is 8.83 Å². The maximum atomic E-state index is 6.40. The molecular weight excluding hydrogens is 550 g/mol. The molecule has 210 valence electrons. The summed E-state index contributed by atoms with van der Waals surface area (Å²) in [6, 6.07) is 53.8. The van der Waals surface area contributed by atoms with E-state index in [2.05, 4.69) is 132 Å². The van der Waals surface area contributed by atoms with Gasteiger partial charge in [-0.15, -0.1) is 0 Å². The van der Waals surface area contributed by atoms with Gasteiger partial charge < -0.3 is 13.7 Å². The van der Waals surface area contributed by atoms with Crippen LogP contribution in [0.3, 0.4) is 0 Å². The Balaban J connectivity index is 1.32. The normalized spacial score (nSPS) is 12.0. The molecule has 0 fully saturated rings. The largest absolute Gasteiger partial charge is 0.456 e. The first-order chi connectivity index (χ1) is 22.3. The van der Waals surface area contributed by atoms with Crippen LogP contribution in [0.4, 0.5) is 17.1 Å². The molecule has 0 bridgehead atoms. The standard InChI is InChI=1S/C42H25NO2/c1-2-10-29-26(9-1)17-20-31-30-11-3-4-12-32(30)38(25-36(29)31)43(27-19-22-41-37(23-27)34-14-6-8-16-40(34)44-41)28-18-21-35-33-13-5-7-15-39(33)45-42(35)24-28/h1-25H. The Bertz CT molecular complexity index is 2780. The van der Waals surface area contributed by atoms with Crippen molar-refractivity contribution in [3.8, 4) is 0 Å². The molecule has 2 heterocycles. The molecule has 3 nitrogen and oxygen atoms in total. The zero-order chi connectivity index (χ0) is 29.5. The molecule has 0 unspecified atom stereocenters. The van der Waals surface area contributed by atoms with Crippen molar-refractivity contribution in [1.82, 2.24) is 0 Å². The highest BCUT2D eigenvalue weighted by molar-refractivity contribution is 6.22. The number of rotatable bonds is 3. The SMILES string of the molecule is c1ccc2c(c1)ccc1c3ccccc3c(N(c3ccc4c(c3)oc3ccccc34)c3ccc4oc5ccccc5c4c3)cc21. The molecule has 0 saturated heterocycles. The van der Waals surface area contributed by atoms with Gasteiger partial charge in [0.2, 0.25) is 0 Å². The van der Waals surface area contributed by atoms with E-state index < -0.39 is 0 Å². The summed E-state index contributed by atoms with van der Waals surface area (Å²) in [5.41, 5.74) is 6.71. The minimum atomic E-state index is 0.865. The number of furan rings is 2. The average molecular weight is 576 g/mol. The minimum Gasteiger partial charge on any atom is -0.456 e. The van der Waals surface area contributed by atoms with E-state index in [0.29, 0.717) is 0 Å². The van der Waals surface area contributed by atoms with E-state index in [1.54, 1.807) is 0 Å². The maximum Gasteiger partial charge on any atom is 0.137 e. The summed E-state index contributed by atoms with van der Waals surface area (Å²) in [5.74, 6) is 0. The molecular formula is C42H25NO2. The topological polar surface area (TPSA) is 29.5 Å². The van der Waals surface area contributed by atoms with Crippen LogP contribution >= 0.6 is 0 Å². The molecule has 0 aliphatic rings. The van der Waals surface area contributed by atoms with Gasteiger partial charge in [0.1, 0.15) is 22.3 Å². The first kappa shape index (κ1) is 24.4. The van der Waals surface area contributed by atoms with Gasteiger partial charge in [-0.2, -0.15) is 0 Å². The third-order valence-corrected chi connectivity index (χ3v) is 9.22. The third kappa shape index (κ3) is 3.58. The Labute approximate surface area is 258 Å². The molecule has 0 aliphatic heterocycles. The molecule has 0 N–H and O–H groups in total. The maximum absolute atomic E-state index is 6.40. The lowest BCUT2D eigenvalue weighted by atomic mass is 9.95. The summed E-state index contributed by atoms with van der Waals surface area (Å²) >= 11 is 0. The lowest BCUT2D eigenvalue weighted by Gasteiger charge is -2.28. The molecule has 10 rings (SSSR count). The van der Waals surface area contributed by atoms with E-state index in [4.69, 9.17) is 8.83 Å². The Morgan fingerprint density at radius 3 is 1.67 bits per heavy atom. The Hall–Kier alpha value is -6.06. The van der Waals surface area contributed by atoms with Gasteiger partial charge in [0.15, 0.2) is 0 Å². The quantitative estimate of drug-likeness (QED) is 0.196. The van der Waals surface area contributed by atoms with E-state index in [0.717, 1.165) is 60.9 Å². The number of nitrogens with zero attached hydrogens (tertiary/aromatic N) is 1. The lowest BCUT2D eigenvalue weighted by molar-refractivity contribution is 0.668. The number of hydrogen-bond donors (Lipinski definition) is 0. The van der Waals surface area contributed by atoms with Gasteiger partial charge in [0.25, 0.3) is 0 Å². The highest BCUT2D eigenvalue weighted by atomic mass is 16.3. The van der Waals surface area contributed by atoms with E-state index in [9.17, 15) is 0 Å². The summed E-state index contributed by atoms with van der Waals surface area (Å²) in [4.78, 5) is 2.37. The zero-order valence-electron chi connectivity index (χ0n) is 24.2. The molecule has 0 spiro atoms. The fourth-order valence-corrected chi connectivity index (χ4v) is 7.16. The first-order valence-corrected chi connectivity index (χ1v) is 15.3. The van der Waals surface area contributed by atoms with Crippen molar-refractivity contribution in [2.75, 3.05) is 4.90 Å². The van der Waals surface area contributed by atoms with E-state index in [1.165, 1.54) is 32.3 Å². The second kappa shape index (κ2) is 9.22. The van der Waals surface area contributed by atoms with Gasteiger partial charge in [-0.25, -0.2) is 0 Å². The average Bonchev–Trinajstić information content (AvgIpc) is 3.66. The summed E-state index contributed by atoms with van der Waals surface area (Å²) in [7, 11) is 0. The van der Waals surface area contributed by atoms with Crippen LogP contribution in [0.5, 0.6) is 0 Å². The van der Waals surface area contributed by atoms with E-state index >= 15 is 0 Å². The Kier molecular flexibility index (Phi) is 5.00. The fraction of sp³-hybridized carbons (Fsp3) is 0. The molecule has 2 aromatic heterocycles. The van der Waals surface area contributed by atoms with Gasteiger partial charge in [-0.05, 0) is 75.5 Å². The van der Waals surface area contributed by atoms with Crippen LogP contribution < -0.4 is 4.90 Å². The van der Waals surface area contributed by atoms with Gasteiger partial charge in [0.05, 0.1) is 5.69 Å². The van der Waals surface area contributed by atoms with Crippen LogP contribution in [0.15, 0.2) is 160 Å². The fourth-order valence-electron chi connectivity index (χ4n) is 7.16. The second-order valence-electron chi connectivity index (χ2n) is 11.7. The van der Waals surface area contributed by atoms with E-state index in [-0.39, 0.29) is 0 Å². The Morgan fingerprint density at radius 2 is 0.844 bits per heavy atom. The van der Waals surface area contributed by atoms with Crippen LogP contribution in [0.2, 0.25) is 0 Å². The van der Waals surface area contributed by atoms with Crippen molar-refractivity contribution >= 4 is 93.3 Å². The second-order valence-corrected chi connectivity index (χ2v) is 11.7. The molecule has 0 atom stereocenters. The summed E-state index contributed by atoms with van der Waals surface area (Å²) in [6.07, 6.45) is 0. The summed E-state index contributed by atoms with van der Waals surface area (Å²) < 4.78 is 12.6. The summed E-state index contributed by atoms with van der Waals surface area (Å²) in [5, 5.41) is 11.8. The molecule has 8 aromatic carbocycles. The van der Waals surface area contributed by atoms with Crippen LogP contribution in [0, 0.1) is 0 Å². The van der Waals surface area contributed by atoms with Gasteiger partial charge in [-0.1, -0.05) is 97.1 Å². The number of para-hydroxylation sites is 2. The lowest BCUT2D eigenvalue weighted by Crippen LogP contribution is -2.10. The molecule has 0 saturated carbocycles. The van der Waals surface area contributed by atoms with Crippen molar-refractivity contribution in [2.24, 2.45) is 0 Å². The van der Waals surface area contributed by atoms with E-state index in [1.807, 2.05) is 24.3 Å². The monoisotopic (exact) mass is 575 g/mol. The van der Waals surface area contributed by atoms with Crippen molar-refractivity contribution in [2.45, 2.75) is 0 Å². The highest BCUT2D eigenvalue weighted by Crippen LogP contribution is 2.45. The Morgan fingerprint density at radius 1 is 0.311 bits per heavy atom. The molecule has 3 heteroatoms. The predicted octanol–water partition coefficient (Wildman–Crippen LogP) is 12.4. The van der Waals surface area contributed by atoms with Crippen LogP contribution in [0.25, 0.3) is 76.2 Å². The first-order valence-electron chi connectivity index (χ1n) is 15.3. The number of fused-ring (bicyclic) bond motifs is 11. The molecule has 0 radical (unpaired) electrons. The highest BCUT2D eigenvalue weighted by Gasteiger charge is 2.21. The van der Waals surface area contributed by atoms with Crippen molar-refractivity contribution in [1.29, 1.82) is 0 Å². The van der Waals surface area contributed by atoms with Gasteiger partial charge in [0, 0.05) is 44.4 Å². The smallest absolute Gasteiger partial charge is 0.137 e. The third-order valence-electron chi connectivity index (χ3n) is 9.22. The number of anilines is 3. The molecule has 45 heavy (non-hydrogen) atoms. The number of hydrogen-bond acceptors (Lipinski definition) is 3. The number of benzene rings is 8. The van der Waals surface area contributed by atoms with Gasteiger partial charge in [-0.3, -0.25) is 0 Å². The molecule has 10 aromatic rings. The van der Waals surface area contributed by atoms with Crippen molar-refractivity contribution in [3.05, 3.63) is 152 Å². The minimum absolute atomic E-state index is 0.865.